The molecule has 4 rings (SSSR count). The Morgan fingerprint density at radius 3 is 3.00 bits per heavy atom. The van der Waals surface area contributed by atoms with E-state index in [-0.39, 0.29) is 6.10 Å². The molecule has 0 aliphatic carbocycles. The lowest BCUT2D eigenvalue weighted by atomic mass is 10.1. The largest absolute Gasteiger partial charge is 0.391 e. The van der Waals surface area contributed by atoms with Gasteiger partial charge in [-0.1, -0.05) is 11.6 Å². The first-order valence-corrected chi connectivity index (χ1v) is 10.1. The Morgan fingerprint density at radius 1 is 1.32 bits per heavy atom. The van der Waals surface area contributed by atoms with Gasteiger partial charge < -0.3 is 14.9 Å². The molecule has 2 aromatic heterocycles. The highest BCUT2D eigenvalue weighted by atomic mass is 16.3. The van der Waals surface area contributed by atoms with Crippen molar-refractivity contribution in [2.75, 3.05) is 31.6 Å². The number of β-amino-alcohol motifs (C(OH)–C–C–N with tert-alkyl or cyclic N) is 1. The van der Waals surface area contributed by atoms with Gasteiger partial charge >= 0.3 is 0 Å². The van der Waals surface area contributed by atoms with E-state index in [0.29, 0.717) is 6.54 Å². The van der Waals surface area contributed by atoms with Gasteiger partial charge in [0.1, 0.15) is 5.82 Å². The van der Waals surface area contributed by atoms with E-state index in [0.717, 1.165) is 50.2 Å². The molecule has 1 fully saturated rings. The Morgan fingerprint density at radius 2 is 2.21 bits per heavy atom. The van der Waals surface area contributed by atoms with E-state index in [9.17, 15) is 5.11 Å². The molecule has 0 saturated carbocycles. The van der Waals surface area contributed by atoms with Crippen LogP contribution in [0.1, 0.15) is 29.5 Å². The van der Waals surface area contributed by atoms with Crippen LogP contribution in [0.5, 0.6) is 0 Å². The van der Waals surface area contributed by atoms with Gasteiger partial charge in [-0.2, -0.15) is 5.10 Å². The molecule has 1 aromatic carbocycles. The van der Waals surface area contributed by atoms with Gasteiger partial charge in [-0.05, 0) is 57.0 Å². The molecule has 0 spiro atoms. The van der Waals surface area contributed by atoms with Crippen LogP contribution in [-0.4, -0.2) is 58.0 Å². The Labute approximate surface area is 166 Å². The molecule has 1 saturated heterocycles. The van der Waals surface area contributed by atoms with Gasteiger partial charge in [-0.25, -0.2) is 4.98 Å². The van der Waals surface area contributed by atoms with E-state index < -0.39 is 0 Å². The molecular formula is C22H29N5O. The zero-order valence-corrected chi connectivity index (χ0v) is 16.7. The second kappa shape index (κ2) is 8.29. The van der Waals surface area contributed by atoms with Gasteiger partial charge in [0.25, 0.3) is 0 Å². The molecule has 0 radical (unpaired) electrons. The van der Waals surface area contributed by atoms with E-state index >= 15 is 0 Å². The Hall–Kier alpha value is -2.44. The van der Waals surface area contributed by atoms with E-state index in [2.05, 4.69) is 58.2 Å². The summed E-state index contributed by atoms with van der Waals surface area (Å²) < 4.78 is 0. The van der Waals surface area contributed by atoms with Crippen LogP contribution in [0.25, 0.3) is 10.9 Å². The zero-order valence-electron chi connectivity index (χ0n) is 16.7. The third kappa shape index (κ3) is 4.34. The van der Waals surface area contributed by atoms with E-state index in [1.54, 1.807) is 0 Å². The molecule has 0 amide bonds. The fraction of sp³-hybridized carbons (Fsp3) is 0.455. The maximum Gasteiger partial charge on any atom is 0.133 e. The summed E-state index contributed by atoms with van der Waals surface area (Å²) in [5, 5.41) is 18.2. The predicted molar refractivity (Wildman–Crippen MR) is 113 cm³/mol. The van der Waals surface area contributed by atoms with Crippen LogP contribution in [0.2, 0.25) is 0 Å². The Bertz CT molecular complexity index is 924. The van der Waals surface area contributed by atoms with Crippen molar-refractivity contribution in [1.82, 2.24) is 20.1 Å². The number of hydrogen-bond donors (Lipinski definition) is 2. The first-order chi connectivity index (χ1) is 13.6. The van der Waals surface area contributed by atoms with E-state index in [1.807, 2.05) is 12.4 Å². The highest BCUT2D eigenvalue weighted by molar-refractivity contribution is 5.82. The lowest BCUT2D eigenvalue weighted by molar-refractivity contribution is 0.153. The summed E-state index contributed by atoms with van der Waals surface area (Å²) in [6.07, 6.45) is 6.42. The number of nitrogens with zero attached hydrogens (tertiary/aromatic N) is 4. The predicted octanol–water partition coefficient (Wildman–Crippen LogP) is 2.90. The SMILES string of the molecule is Cc1ccc2nc(N3CCC[C@@H](O)C3)c(CN(C)CCc3cn[nH]c3)cc2c1. The second-order valence-electron chi connectivity index (χ2n) is 8.00. The van der Waals surface area contributed by atoms with Crippen LogP contribution in [0, 0.1) is 6.92 Å². The number of aliphatic hydroxyl groups is 1. The highest BCUT2D eigenvalue weighted by Crippen LogP contribution is 2.28. The van der Waals surface area contributed by atoms with Gasteiger partial charge in [-0.15, -0.1) is 0 Å². The van der Waals surface area contributed by atoms with Gasteiger partial charge in [0.2, 0.25) is 0 Å². The molecule has 1 aliphatic heterocycles. The summed E-state index contributed by atoms with van der Waals surface area (Å²) in [5.74, 6) is 1.02. The summed E-state index contributed by atoms with van der Waals surface area (Å²) in [6, 6.07) is 8.69. The first-order valence-electron chi connectivity index (χ1n) is 10.1. The molecule has 2 N–H and O–H groups in total. The van der Waals surface area contributed by atoms with Crippen LogP contribution in [-0.2, 0) is 13.0 Å². The van der Waals surface area contributed by atoms with Crippen LogP contribution in [0.15, 0.2) is 36.7 Å². The lowest BCUT2D eigenvalue weighted by Crippen LogP contribution is -2.39. The number of rotatable bonds is 6. The number of fused-ring (bicyclic) bond motifs is 1. The van der Waals surface area contributed by atoms with Gasteiger partial charge in [0.05, 0.1) is 17.8 Å². The number of aliphatic hydroxyl groups excluding tert-OH is 1. The number of aromatic nitrogens is 3. The molecular weight excluding hydrogens is 350 g/mol. The van der Waals surface area contributed by atoms with Crippen molar-refractivity contribution < 1.29 is 5.11 Å². The average Bonchev–Trinajstić information content (AvgIpc) is 3.19. The topological polar surface area (TPSA) is 68.3 Å². The van der Waals surface area contributed by atoms with Crippen molar-refractivity contribution in [3.8, 4) is 0 Å². The van der Waals surface area contributed by atoms with Crippen molar-refractivity contribution in [1.29, 1.82) is 0 Å². The van der Waals surface area contributed by atoms with E-state index in [1.165, 1.54) is 22.1 Å². The number of hydrogen-bond acceptors (Lipinski definition) is 5. The summed E-state index contributed by atoms with van der Waals surface area (Å²) in [5.41, 5.74) is 4.71. The zero-order chi connectivity index (χ0) is 19.5. The molecule has 3 heterocycles. The molecule has 148 valence electrons. The monoisotopic (exact) mass is 379 g/mol. The van der Waals surface area contributed by atoms with Gasteiger partial charge in [0, 0.05) is 43.3 Å². The van der Waals surface area contributed by atoms with Crippen LogP contribution in [0.3, 0.4) is 0 Å². The van der Waals surface area contributed by atoms with Crippen molar-refractivity contribution in [2.24, 2.45) is 0 Å². The number of pyridine rings is 1. The summed E-state index contributed by atoms with van der Waals surface area (Å²) in [4.78, 5) is 9.60. The third-order valence-corrected chi connectivity index (χ3v) is 5.50. The lowest BCUT2D eigenvalue weighted by Gasteiger charge is -2.33. The van der Waals surface area contributed by atoms with Crippen molar-refractivity contribution in [2.45, 2.75) is 38.8 Å². The fourth-order valence-corrected chi connectivity index (χ4v) is 3.97. The number of nitrogens with one attached hydrogen (secondary N) is 1. The number of benzene rings is 1. The van der Waals surface area contributed by atoms with Crippen LogP contribution in [0.4, 0.5) is 5.82 Å². The number of H-pyrrole nitrogens is 1. The van der Waals surface area contributed by atoms with Crippen molar-refractivity contribution in [3.63, 3.8) is 0 Å². The average molecular weight is 380 g/mol. The maximum absolute atomic E-state index is 10.2. The molecule has 28 heavy (non-hydrogen) atoms. The van der Waals surface area contributed by atoms with E-state index in [4.69, 9.17) is 4.98 Å². The second-order valence-corrected chi connectivity index (χ2v) is 8.00. The number of likely N-dealkylation sites (N-methyl/N-ethyl adjacent to an activating group) is 1. The Balaban J connectivity index is 1.60. The van der Waals surface area contributed by atoms with Crippen LogP contribution < -0.4 is 4.90 Å². The number of aryl methyl sites for hydroxylation is 1. The minimum Gasteiger partial charge on any atom is -0.391 e. The maximum atomic E-state index is 10.2. The molecule has 0 unspecified atom stereocenters. The molecule has 6 heteroatoms. The number of anilines is 1. The molecule has 0 bridgehead atoms. The third-order valence-electron chi connectivity index (χ3n) is 5.50. The molecule has 1 aliphatic rings. The standard InChI is InChI=1S/C22H29N5O/c1-16-5-6-21-18(10-16)11-19(14-26(2)9-7-17-12-23-24-13-17)22(25-21)27-8-3-4-20(28)15-27/h5-6,10-13,20,28H,3-4,7-9,14-15H2,1-2H3,(H,23,24)/t20-/m1/s1. The van der Waals surface area contributed by atoms with Gasteiger partial charge in [0.15, 0.2) is 0 Å². The summed E-state index contributed by atoms with van der Waals surface area (Å²) in [6.45, 7) is 5.51. The van der Waals surface area contributed by atoms with Crippen molar-refractivity contribution >= 4 is 16.7 Å². The fourth-order valence-electron chi connectivity index (χ4n) is 3.97. The minimum atomic E-state index is -0.268. The molecule has 3 aromatic rings. The summed E-state index contributed by atoms with van der Waals surface area (Å²) >= 11 is 0. The number of aromatic amines is 1. The molecule has 6 nitrogen and oxygen atoms in total. The quantitative estimate of drug-likeness (QED) is 0.689. The smallest absolute Gasteiger partial charge is 0.133 e. The van der Waals surface area contributed by atoms with Crippen molar-refractivity contribution in [3.05, 3.63) is 53.3 Å². The Kier molecular flexibility index (Phi) is 5.59. The molecule has 1 atom stereocenters. The van der Waals surface area contributed by atoms with Gasteiger partial charge in [-0.3, -0.25) is 5.10 Å². The highest BCUT2D eigenvalue weighted by Gasteiger charge is 2.22. The minimum absolute atomic E-state index is 0.268. The summed E-state index contributed by atoms with van der Waals surface area (Å²) in [7, 11) is 2.15. The normalized spacial score (nSPS) is 17.6. The first kappa shape index (κ1) is 18.9. The van der Waals surface area contributed by atoms with Crippen LogP contribution >= 0.6 is 0 Å². The number of piperidine rings is 1.